The van der Waals surface area contributed by atoms with Gasteiger partial charge < -0.3 is 9.30 Å². The lowest BCUT2D eigenvalue weighted by Crippen LogP contribution is -2.20. The second-order valence-corrected chi connectivity index (χ2v) is 4.18. The first kappa shape index (κ1) is 13.2. The number of hydrogen-bond donors (Lipinski definition) is 0. The van der Waals surface area contributed by atoms with E-state index in [0.717, 1.165) is 11.0 Å². The molecule has 5 nitrogen and oxygen atoms in total. The number of fused-ring (bicyclic) bond motifs is 1. The average molecular weight is 257 g/mol. The van der Waals surface area contributed by atoms with Crippen LogP contribution in [0.5, 0.6) is 0 Å². The van der Waals surface area contributed by atoms with Crippen LogP contribution in [0.3, 0.4) is 0 Å². The molecule has 1 aromatic carbocycles. The summed E-state index contributed by atoms with van der Waals surface area (Å²) in [6.07, 6.45) is 0. The van der Waals surface area contributed by atoms with Gasteiger partial charge in [0, 0.05) is 13.7 Å². The van der Waals surface area contributed by atoms with Gasteiger partial charge in [-0.3, -0.25) is 4.79 Å². The van der Waals surface area contributed by atoms with E-state index in [0.29, 0.717) is 12.4 Å². The van der Waals surface area contributed by atoms with E-state index in [9.17, 15) is 10.1 Å². The van der Waals surface area contributed by atoms with Crippen LogP contribution in [0.25, 0.3) is 11.0 Å². The normalized spacial score (nSPS) is 12.3. The number of ether oxygens (including phenoxy) is 1. The largest absolute Gasteiger partial charge is 0.374 e. The van der Waals surface area contributed by atoms with Gasteiger partial charge in [-0.25, -0.2) is 4.98 Å². The van der Waals surface area contributed by atoms with Gasteiger partial charge >= 0.3 is 0 Å². The summed E-state index contributed by atoms with van der Waals surface area (Å²) in [4.78, 5) is 16.3. The third-order valence-electron chi connectivity index (χ3n) is 2.98. The fourth-order valence-electron chi connectivity index (χ4n) is 1.98. The lowest BCUT2D eigenvalue weighted by molar-refractivity contribution is -0.123. The van der Waals surface area contributed by atoms with Crippen molar-refractivity contribution in [3.63, 3.8) is 0 Å². The number of benzene rings is 1. The summed E-state index contributed by atoms with van der Waals surface area (Å²) >= 11 is 0. The molecular formula is C14H15N3O2. The number of carbonyl (C=O) groups is 1. The molecule has 5 heteroatoms. The molecule has 1 heterocycles. The van der Waals surface area contributed by atoms with Gasteiger partial charge in [0.15, 0.2) is 11.7 Å². The highest BCUT2D eigenvalue weighted by Crippen LogP contribution is 2.21. The Morgan fingerprint density at radius 1 is 1.53 bits per heavy atom. The molecule has 98 valence electrons. The molecule has 0 aliphatic rings. The zero-order valence-corrected chi connectivity index (χ0v) is 11.0. The van der Waals surface area contributed by atoms with Crippen molar-refractivity contribution in [1.82, 2.24) is 9.55 Å². The Hall–Kier alpha value is -2.19. The number of nitriles is 1. The van der Waals surface area contributed by atoms with Gasteiger partial charge in [0.05, 0.1) is 17.1 Å². The molecule has 0 radical (unpaired) electrons. The van der Waals surface area contributed by atoms with Crippen molar-refractivity contribution in [1.29, 1.82) is 5.26 Å². The minimum Gasteiger partial charge on any atom is -0.374 e. The molecule has 0 amide bonds. The molecule has 0 saturated heterocycles. The Balaban J connectivity index is 2.39. The summed E-state index contributed by atoms with van der Waals surface area (Å²) in [5.74, 6) is -0.680. The Kier molecular flexibility index (Phi) is 3.93. The average Bonchev–Trinajstić information content (AvgIpc) is 2.75. The molecule has 0 spiro atoms. The molecule has 1 aromatic heterocycles. The number of hydrogen-bond acceptors (Lipinski definition) is 4. The van der Waals surface area contributed by atoms with Crippen LogP contribution in [0.2, 0.25) is 0 Å². The number of rotatable bonds is 5. The topological polar surface area (TPSA) is 67.9 Å². The molecule has 0 aliphatic carbocycles. The minimum atomic E-state index is -0.885. The SMILES string of the molecule is CCOCC(=O)C(C#N)c1nc2ccccc2n1C. The van der Waals surface area contributed by atoms with Crippen molar-refractivity contribution in [3.8, 4) is 6.07 Å². The Morgan fingerprint density at radius 2 is 2.26 bits per heavy atom. The number of Topliss-reactive ketones (excluding diaryl/α,β-unsaturated/α-hetero) is 1. The highest BCUT2D eigenvalue weighted by molar-refractivity contribution is 5.90. The van der Waals surface area contributed by atoms with Crippen LogP contribution in [-0.4, -0.2) is 28.5 Å². The molecule has 19 heavy (non-hydrogen) atoms. The monoisotopic (exact) mass is 257 g/mol. The molecule has 1 unspecified atom stereocenters. The van der Waals surface area contributed by atoms with Crippen LogP contribution in [0.4, 0.5) is 0 Å². The number of aromatic nitrogens is 2. The van der Waals surface area contributed by atoms with Crippen molar-refractivity contribution in [2.24, 2.45) is 7.05 Å². The second-order valence-electron chi connectivity index (χ2n) is 4.18. The molecule has 0 bridgehead atoms. The first-order valence-corrected chi connectivity index (χ1v) is 6.10. The number of para-hydroxylation sites is 2. The van der Waals surface area contributed by atoms with Crippen LogP contribution in [0.1, 0.15) is 18.7 Å². The van der Waals surface area contributed by atoms with Crippen LogP contribution >= 0.6 is 0 Å². The lowest BCUT2D eigenvalue weighted by atomic mass is 10.1. The number of nitrogens with zero attached hydrogens (tertiary/aromatic N) is 3. The fraction of sp³-hybridized carbons (Fsp3) is 0.357. The molecule has 0 saturated carbocycles. The minimum absolute atomic E-state index is 0.0576. The summed E-state index contributed by atoms with van der Waals surface area (Å²) in [7, 11) is 1.81. The zero-order chi connectivity index (χ0) is 13.8. The Morgan fingerprint density at radius 3 is 2.89 bits per heavy atom. The molecule has 0 aliphatic heterocycles. The zero-order valence-electron chi connectivity index (χ0n) is 11.0. The first-order chi connectivity index (χ1) is 9.19. The van der Waals surface area contributed by atoms with Crippen LogP contribution in [0, 0.1) is 11.3 Å². The smallest absolute Gasteiger partial charge is 0.183 e. The lowest BCUT2D eigenvalue weighted by Gasteiger charge is -2.08. The highest BCUT2D eigenvalue weighted by atomic mass is 16.5. The quantitative estimate of drug-likeness (QED) is 0.818. The van der Waals surface area contributed by atoms with E-state index in [1.54, 1.807) is 4.57 Å². The third kappa shape index (κ3) is 2.49. The van der Waals surface area contributed by atoms with Crippen LogP contribution in [0.15, 0.2) is 24.3 Å². The molecule has 2 aromatic rings. The van der Waals surface area contributed by atoms with E-state index < -0.39 is 5.92 Å². The van der Waals surface area contributed by atoms with Gasteiger partial charge in [0.1, 0.15) is 12.4 Å². The van der Waals surface area contributed by atoms with Crippen molar-refractivity contribution in [2.45, 2.75) is 12.8 Å². The summed E-state index contributed by atoms with van der Waals surface area (Å²) in [5.41, 5.74) is 1.69. The van der Waals surface area contributed by atoms with Gasteiger partial charge in [0.25, 0.3) is 0 Å². The fourth-order valence-corrected chi connectivity index (χ4v) is 1.98. The van der Waals surface area contributed by atoms with Crippen molar-refractivity contribution in [3.05, 3.63) is 30.1 Å². The van der Waals surface area contributed by atoms with Gasteiger partial charge in [-0.15, -0.1) is 0 Å². The highest BCUT2D eigenvalue weighted by Gasteiger charge is 2.25. The molecule has 0 N–H and O–H groups in total. The number of aryl methyl sites for hydroxylation is 1. The maximum atomic E-state index is 12.0. The van der Waals surface area contributed by atoms with Gasteiger partial charge in [-0.1, -0.05) is 12.1 Å². The van der Waals surface area contributed by atoms with Crippen molar-refractivity contribution < 1.29 is 9.53 Å². The third-order valence-corrected chi connectivity index (χ3v) is 2.98. The molecular weight excluding hydrogens is 242 g/mol. The van der Waals surface area contributed by atoms with Gasteiger partial charge in [-0.05, 0) is 19.1 Å². The standard InChI is InChI=1S/C14H15N3O2/c1-3-19-9-13(18)10(8-15)14-16-11-6-4-5-7-12(11)17(14)2/h4-7,10H,3,9H2,1-2H3. The second kappa shape index (κ2) is 5.63. The van der Waals surface area contributed by atoms with Crippen LogP contribution < -0.4 is 0 Å². The summed E-state index contributed by atoms with van der Waals surface area (Å²) < 4.78 is 6.86. The Bertz CT molecular complexity index is 640. The van der Waals surface area contributed by atoms with E-state index >= 15 is 0 Å². The van der Waals surface area contributed by atoms with E-state index in [1.165, 1.54) is 0 Å². The van der Waals surface area contributed by atoms with E-state index in [1.807, 2.05) is 44.3 Å². The van der Waals surface area contributed by atoms with E-state index in [4.69, 9.17) is 4.74 Å². The van der Waals surface area contributed by atoms with E-state index in [2.05, 4.69) is 4.98 Å². The molecule has 2 rings (SSSR count). The van der Waals surface area contributed by atoms with Crippen LogP contribution in [-0.2, 0) is 16.6 Å². The maximum absolute atomic E-state index is 12.0. The summed E-state index contributed by atoms with van der Waals surface area (Å²) in [6.45, 7) is 2.20. The Labute approximate surface area is 111 Å². The van der Waals surface area contributed by atoms with Gasteiger partial charge in [0.2, 0.25) is 0 Å². The molecule has 0 fully saturated rings. The molecule has 1 atom stereocenters. The van der Waals surface area contributed by atoms with Gasteiger partial charge in [-0.2, -0.15) is 5.26 Å². The maximum Gasteiger partial charge on any atom is 0.183 e. The van der Waals surface area contributed by atoms with Crippen molar-refractivity contribution in [2.75, 3.05) is 13.2 Å². The predicted molar refractivity (Wildman–Crippen MR) is 70.6 cm³/mol. The summed E-state index contributed by atoms with van der Waals surface area (Å²) in [6, 6.07) is 9.56. The van der Waals surface area contributed by atoms with E-state index in [-0.39, 0.29) is 12.4 Å². The predicted octanol–water partition coefficient (Wildman–Crippen LogP) is 1.79. The number of imidazole rings is 1. The summed E-state index contributed by atoms with van der Waals surface area (Å²) in [5, 5.41) is 9.22. The first-order valence-electron chi connectivity index (χ1n) is 6.10. The number of ketones is 1. The van der Waals surface area contributed by atoms with Crippen molar-refractivity contribution >= 4 is 16.8 Å². The number of carbonyl (C=O) groups excluding carboxylic acids is 1.